The third kappa shape index (κ3) is 3.58. The van der Waals surface area contributed by atoms with Gasteiger partial charge in [-0.1, -0.05) is 12.1 Å². The molecule has 0 radical (unpaired) electrons. The van der Waals surface area contributed by atoms with E-state index < -0.39 is 0 Å². The van der Waals surface area contributed by atoms with Crippen LogP contribution in [0.5, 0.6) is 0 Å². The first-order chi connectivity index (χ1) is 17.5. The van der Waals surface area contributed by atoms with Crippen LogP contribution in [0.2, 0.25) is 0 Å². The van der Waals surface area contributed by atoms with E-state index in [-0.39, 0.29) is 11.7 Å². The number of benzene rings is 1. The number of para-hydroxylation sites is 2. The standard InChI is InChI=1S/C25H28N10O/c1-4-34-21(16-13-26-24(27-14-16)32(2)3)31-20-22(28-15-29-23(20)34)33-11-9-17(10-12-33)35-19-8-6-5-7-18(19)30-25(35)36/h5-8,13-15,17H,4,9-12H2,1-3H3,(H,30,36). The molecule has 184 valence electrons. The smallest absolute Gasteiger partial charge is 0.326 e. The fraction of sp³-hybridized carbons (Fsp3) is 0.360. The largest absolute Gasteiger partial charge is 0.355 e. The predicted octanol–water partition coefficient (Wildman–Crippen LogP) is 2.85. The number of anilines is 2. The highest BCUT2D eigenvalue weighted by Gasteiger charge is 2.27. The van der Waals surface area contributed by atoms with E-state index in [9.17, 15) is 4.79 Å². The first-order valence-corrected chi connectivity index (χ1v) is 12.2. The molecule has 0 bridgehead atoms. The number of piperidine rings is 1. The summed E-state index contributed by atoms with van der Waals surface area (Å²) in [6, 6.07) is 8.00. The second-order valence-corrected chi connectivity index (χ2v) is 9.25. The van der Waals surface area contributed by atoms with Crippen LogP contribution >= 0.6 is 0 Å². The zero-order chi connectivity index (χ0) is 24.8. The molecule has 11 heteroatoms. The number of nitrogens with zero attached hydrogens (tertiary/aromatic N) is 9. The first kappa shape index (κ1) is 22.2. The Balaban J connectivity index is 1.31. The van der Waals surface area contributed by atoms with Crippen molar-refractivity contribution in [2.24, 2.45) is 0 Å². The summed E-state index contributed by atoms with van der Waals surface area (Å²) >= 11 is 0. The summed E-state index contributed by atoms with van der Waals surface area (Å²) in [6.07, 6.45) is 6.89. The van der Waals surface area contributed by atoms with Crippen LogP contribution in [0.4, 0.5) is 11.8 Å². The van der Waals surface area contributed by atoms with Gasteiger partial charge in [-0.15, -0.1) is 0 Å². The number of aromatic amines is 1. The Labute approximate surface area is 207 Å². The van der Waals surface area contributed by atoms with E-state index in [0.29, 0.717) is 12.5 Å². The van der Waals surface area contributed by atoms with Gasteiger partial charge in [0.2, 0.25) is 5.95 Å². The average Bonchev–Trinajstić information content (AvgIpc) is 3.45. The van der Waals surface area contributed by atoms with E-state index in [0.717, 1.165) is 65.3 Å². The molecular formula is C25H28N10O. The van der Waals surface area contributed by atoms with E-state index in [1.807, 2.05) is 47.8 Å². The molecule has 1 N–H and O–H groups in total. The molecule has 1 aliphatic heterocycles. The fourth-order valence-corrected chi connectivity index (χ4v) is 5.12. The van der Waals surface area contributed by atoms with E-state index in [2.05, 4.69) is 41.3 Å². The Kier molecular flexibility index (Phi) is 5.39. The van der Waals surface area contributed by atoms with Gasteiger partial charge in [-0.05, 0) is 31.9 Å². The van der Waals surface area contributed by atoms with Gasteiger partial charge in [-0.3, -0.25) is 4.57 Å². The molecule has 0 aliphatic carbocycles. The first-order valence-electron chi connectivity index (χ1n) is 12.2. The Morgan fingerprint density at radius 1 is 1.06 bits per heavy atom. The molecule has 0 unspecified atom stereocenters. The third-order valence-corrected chi connectivity index (χ3v) is 6.88. The van der Waals surface area contributed by atoms with Crippen LogP contribution in [0.1, 0.15) is 25.8 Å². The summed E-state index contributed by atoms with van der Waals surface area (Å²) in [5, 5.41) is 0. The lowest BCUT2D eigenvalue weighted by atomic mass is 10.0. The number of hydrogen-bond acceptors (Lipinski definition) is 8. The number of hydrogen-bond donors (Lipinski definition) is 1. The van der Waals surface area contributed by atoms with Gasteiger partial charge in [0.25, 0.3) is 0 Å². The van der Waals surface area contributed by atoms with Crippen LogP contribution in [0, 0.1) is 0 Å². The summed E-state index contributed by atoms with van der Waals surface area (Å²) in [5.74, 6) is 2.25. The van der Waals surface area contributed by atoms with Crippen molar-refractivity contribution in [3.05, 3.63) is 53.5 Å². The minimum absolute atomic E-state index is 0.0482. The van der Waals surface area contributed by atoms with Crippen LogP contribution in [-0.2, 0) is 6.54 Å². The average molecular weight is 485 g/mol. The number of aryl methyl sites for hydroxylation is 1. The number of H-pyrrole nitrogens is 1. The summed E-state index contributed by atoms with van der Waals surface area (Å²) < 4.78 is 3.98. The molecule has 5 heterocycles. The van der Waals surface area contributed by atoms with Crippen LogP contribution in [-0.4, -0.2) is 66.2 Å². The quantitative estimate of drug-likeness (QED) is 0.405. The molecular weight excluding hydrogens is 456 g/mol. The predicted molar refractivity (Wildman–Crippen MR) is 139 cm³/mol. The van der Waals surface area contributed by atoms with E-state index in [1.165, 1.54) is 0 Å². The van der Waals surface area contributed by atoms with Crippen molar-refractivity contribution in [3.63, 3.8) is 0 Å². The van der Waals surface area contributed by atoms with Crippen molar-refractivity contribution in [1.82, 2.24) is 39.0 Å². The monoisotopic (exact) mass is 484 g/mol. The molecule has 4 aromatic heterocycles. The molecule has 11 nitrogen and oxygen atoms in total. The maximum absolute atomic E-state index is 12.7. The number of aromatic nitrogens is 8. The highest BCUT2D eigenvalue weighted by atomic mass is 16.1. The van der Waals surface area contributed by atoms with Crippen molar-refractivity contribution >= 4 is 34.0 Å². The molecule has 36 heavy (non-hydrogen) atoms. The van der Waals surface area contributed by atoms with E-state index in [4.69, 9.17) is 4.98 Å². The number of rotatable bonds is 5. The van der Waals surface area contributed by atoms with E-state index >= 15 is 0 Å². The number of nitrogens with one attached hydrogen (secondary N) is 1. The molecule has 0 amide bonds. The van der Waals surface area contributed by atoms with Gasteiger partial charge in [-0.25, -0.2) is 29.7 Å². The summed E-state index contributed by atoms with van der Waals surface area (Å²) in [4.78, 5) is 42.9. The second-order valence-electron chi connectivity index (χ2n) is 9.25. The Hall–Kier alpha value is -4.28. The highest BCUT2D eigenvalue weighted by Crippen LogP contribution is 2.32. The van der Waals surface area contributed by atoms with Crippen LogP contribution in [0.15, 0.2) is 47.8 Å². The van der Waals surface area contributed by atoms with Crippen molar-refractivity contribution < 1.29 is 0 Å². The molecule has 0 spiro atoms. The van der Waals surface area contributed by atoms with Crippen LogP contribution in [0.25, 0.3) is 33.6 Å². The maximum atomic E-state index is 12.7. The highest BCUT2D eigenvalue weighted by molar-refractivity contribution is 5.87. The van der Waals surface area contributed by atoms with Gasteiger partial charge >= 0.3 is 5.69 Å². The lowest BCUT2D eigenvalue weighted by Gasteiger charge is -2.33. The summed E-state index contributed by atoms with van der Waals surface area (Å²) in [6.45, 7) is 4.34. The Morgan fingerprint density at radius 2 is 1.81 bits per heavy atom. The van der Waals surface area contributed by atoms with Crippen LogP contribution in [0.3, 0.4) is 0 Å². The van der Waals surface area contributed by atoms with Crippen molar-refractivity contribution in [2.75, 3.05) is 37.0 Å². The maximum Gasteiger partial charge on any atom is 0.326 e. The van der Waals surface area contributed by atoms with Gasteiger partial charge in [0, 0.05) is 52.2 Å². The number of imidazole rings is 2. The van der Waals surface area contributed by atoms with Crippen LogP contribution < -0.4 is 15.5 Å². The van der Waals surface area contributed by atoms with Crippen molar-refractivity contribution in [3.8, 4) is 11.4 Å². The van der Waals surface area contributed by atoms with Gasteiger partial charge in [0.15, 0.2) is 17.0 Å². The SMILES string of the molecule is CCn1c(-c2cnc(N(C)C)nc2)nc2c(N3CCC(n4c(=O)[nH]c5ccccc54)CC3)ncnc21. The lowest BCUT2D eigenvalue weighted by molar-refractivity contribution is 0.395. The minimum atomic E-state index is -0.0482. The Bertz CT molecular complexity index is 1590. The fourth-order valence-electron chi connectivity index (χ4n) is 5.12. The molecule has 1 aromatic carbocycles. The van der Waals surface area contributed by atoms with Gasteiger partial charge < -0.3 is 19.4 Å². The molecule has 1 saturated heterocycles. The molecule has 6 rings (SSSR count). The molecule has 1 fully saturated rings. The second kappa shape index (κ2) is 8.74. The molecule has 0 saturated carbocycles. The number of fused-ring (bicyclic) bond motifs is 2. The lowest BCUT2D eigenvalue weighted by Crippen LogP contribution is -2.37. The van der Waals surface area contributed by atoms with Crippen molar-refractivity contribution in [2.45, 2.75) is 32.4 Å². The molecule has 5 aromatic rings. The van der Waals surface area contributed by atoms with Gasteiger partial charge in [0.05, 0.1) is 16.6 Å². The van der Waals surface area contributed by atoms with Crippen molar-refractivity contribution in [1.29, 1.82) is 0 Å². The summed E-state index contributed by atoms with van der Waals surface area (Å²) in [5.41, 5.74) is 4.19. The van der Waals surface area contributed by atoms with E-state index in [1.54, 1.807) is 18.7 Å². The topological polar surface area (TPSA) is 114 Å². The molecule has 1 aliphatic rings. The normalized spacial score (nSPS) is 14.7. The zero-order valence-electron chi connectivity index (χ0n) is 20.6. The summed E-state index contributed by atoms with van der Waals surface area (Å²) in [7, 11) is 3.83. The zero-order valence-corrected chi connectivity index (χ0v) is 20.6. The minimum Gasteiger partial charge on any atom is -0.355 e. The Morgan fingerprint density at radius 3 is 2.53 bits per heavy atom. The molecule has 0 atom stereocenters. The van der Waals surface area contributed by atoms with Gasteiger partial charge in [0.1, 0.15) is 12.2 Å². The van der Waals surface area contributed by atoms with Gasteiger partial charge in [-0.2, -0.15) is 0 Å². The third-order valence-electron chi connectivity index (χ3n) is 6.88.